The molecule has 0 fully saturated rings. The Morgan fingerprint density at radius 3 is 2.39 bits per heavy atom. The van der Waals surface area contributed by atoms with Crippen LogP contribution in [0.3, 0.4) is 0 Å². The van der Waals surface area contributed by atoms with Crippen LogP contribution in [0.15, 0.2) is 18.2 Å². The van der Waals surface area contributed by atoms with Crippen LogP contribution >= 0.6 is 11.6 Å². The number of anilines is 1. The molecule has 2 nitrogen and oxygen atoms in total. The summed E-state index contributed by atoms with van der Waals surface area (Å²) in [5, 5.41) is 2.80. The first kappa shape index (κ1) is 15.1. The Morgan fingerprint density at radius 1 is 1.28 bits per heavy atom. The molecule has 0 saturated carbocycles. The van der Waals surface area contributed by atoms with Gasteiger partial charge < -0.3 is 10.1 Å². The topological polar surface area (TPSA) is 21.3 Å². The monoisotopic (exact) mass is 281 g/mol. The lowest BCUT2D eigenvalue weighted by atomic mass is 10.1. The number of benzene rings is 1. The summed E-state index contributed by atoms with van der Waals surface area (Å²) in [6, 6.07) is 3.40. The zero-order valence-corrected chi connectivity index (χ0v) is 11.1. The van der Waals surface area contributed by atoms with E-state index in [0.29, 0.717) is 0 Å². The molecule has 2 unspecified atom stereocenters. The minimum atomic E-state index is -4.44. The first-order valence-electron chi connectivity index (χ1n) is 5.42. The van der Waals surface area contributed by atoms with E-state index in [0.717, 1.165) is 6.07 Å². The molecule has 1 N–H and O–H groups in total. The van der Waals surface area contributed by atoms with Crippen molar-refractivity contribution in [2.24, 2.45) is 0 Å². The van der Waals surface area contributed by atoms with Crippen LogP contribution in [0.25, 0.3) is 0 Å². The normalized spacial score (nSPS) is 15.3. The number of halogens is 4. The van der Waals surface area contributed by atoms with Crippen molar-refractivity contribution in [3.63, 3.8) is 0 Å². The average molecular weight is 282 g/mol. The van der Waals surface area contributed by atoms with Crippen LogP contribution in [0.1, 0.15) is 19.4 Å². The van der Waals surface area contributed by atoms with Crippen molar-refractivity contribution in [2.75, 3.05) is 12.4 Å². The van der Waals surface area contributed by atoms with Crippen molar-refractivity contribution in [1.29, 1.82) is 0 Å². The van der Waals surface area contributed by atoms with Crippen molar-refractivity contribution >= 4 is 17.3 Å². The van der Waals surface area contributed by atoms with Crippen LogP contribution < -0.4 is 5.32 Å². The van der Waals surface area contributed by atoms with E-state index >= 15 is 0 Å². The number of methoxy groups -OCH3 is 1. The lowest BCUT2D eigenvalue weighted by molar-refractivity contribution is -0.137. The predicted molar refractivity (Wildman–Crippen MR) is 66.0 cm³/mol. The molecule has 18 heavy (non-hydrogen) atoms. The van der Waals surface area contributed by atoms with Crippen molar-refractivity contribution < 1.29 is 17.9 Å². The number of hydrogen-bond acceptors (Lipinski definition) is 2. The van der Waals surface area contributed by atoms with E-state index in [1.807, 2.05) is 0 Å². The fourth-order valence-electron chi connectivity index (χ4n) is 1.46. The van der Waals surface area contributed by atoms with E-state index in [-0.39, 0.29) is 22.9 Å². The van der Waals surface area contributed by atoms with Gasteiger partial charge in [0.05, 0.1) is 22.4 Å². The Balaban J connectivity index is 3.08. The third-order valence-electron chi connectivity index (χ3n) is 2.77. The van der Waals surface area contributed by atoms with Gasteiger partial charge in [0.15, 0.2) is 0 Å². The van der Waals surface area contributed by atoms with Crippen LogP contribution in [0.4, 0.5) is 18.9 Å². The van der Waals surface area contributed by atoms with Crippen LogP contribution in [0, 0.1) is 0 Å². The summed E-state index contributed by atoms with van der Waals surface area (Å²) in [6.45, 7) is 3.50. The first-order valence-corrected chi connectivity index (χ1v) is 5.80. The Bertz CT molecular complexity index is 409. The second-order valence-electron chi connectivity index (χ2n) is 4.03. The summed E-state index contributed by atoms with van der Waals surface area (Å²) in [4.78, 5) is 0. The molecule has 0 aliphatic rings. The molecule has 6 heteroatoms. The molecule has 0 aliphatic carbocycles. The molecule has 2 atom stereocenters. The maximum Gasteiger partial charge on any atom is 0.418 e. The third-order valence-corrected chi connectivity index (χ3v) is 3.08. The van der Waals surface area contributed by atoms with Gasteiger partial charge >= 0.3 is 6.18 Å². The van der Waals surface area contributed by atoms with Crippen LogP contribution in [-0.2, 0) is 10.9 Å². The molecule has 0 saturated heterocycles. The fourth-order valence-corrected chi connectivity index (χ4v) is 1.69. The summed E-state index contributed by atoms with van der Waals surface area (Å²) in [7, 11) is 1.50. The molecule has 0 heterocycles. The van der Waals surface area contributed by atoms with Crippen molar-refractivity contribution in [2.45, 2.75) is 32.2 Å². The molecule has 1 aromatic rings. The zero-order valence-electron chi connectivity index (χ0n) is 10.3. The molecular formula is C12H15ClF3NO. The molecule has 1 rings (SSSR count). The van der Waals surface area contributed by atoms with Crippen molar-refractivity contribution in [3.05, 3.63) is 28.8 Å². The molecule has 0 aliphatic heterocycles. The molecule has 0 aromatic heterocycles. The lowest BCUT2D eigenvalue weighted by Gasteiger charge is -2.24. The van der Waals surface area contributed by atoms with E-state index in [2.05, 4.69) is 5.32 Å². The molecule has 1 aromatic carbocycles. The van der Waals surface area contributed by atoms with Gasteiger partial charge in [-0.05, 0) is 26.0 Å². The highest BCUT2D eigenvalue weighted by atomic mass is 35.5. The number of para-hydroxylation sites is 1. The maximum atomic E-state index is 12.8. The summed E-state index contributed by atoms with van der Waals surface area (Å²) in [5.74, 6) is 0. The minimum absolute atomic E-state index is 0.0416. The van der Waals surface area contributed by atoms with Crippen LogP contribution in [-0.4, -0.2) is 19.3 Å². The van der Waals surface area contributed by atoms with Gasteiger partial charge in [-0.25, -0.2) is 0 Å². The molecule has 0 bridgehead atoms. The standard InChI is InChI=1S/C12H15ClF3NO/c1-7(8(2)18-3)17-11-9(12(14,15)16)5-4-6-10(11)13/h4-8,17H,1-3H3. The Labute approximate surface area is 109 Å². The van der Waals surface area contributed by atoms with Gasteiger partial charge in [0.2, 0.25) is 0 Å². The summed E-state index contributed by atoms with van der Waals surface area (Å²) in [6.07, 6.45) is -4.68. The van der Waals surface area contributed by atoms with Crippen molar-refractivity contribution in [3.8, 4) is 0 Å². The zero-order chi connectivity index (χ0) is 13.9. The van der Waals surface area contributed by atoms with Gasteiger partial charge in [-0.2, -0.15) is 13.2 Å². The highest BCUT2D eigenvalue weighted by Crippen LogP contribution is 2.38. The van der Waals surface area contributed by atoms with E-state index in [9.17, 15) is 13.2 Å². The number of ether oxygens (including phenoxy) is 1. The van der Waals surface area contributed by atoms with Gasteiger partial charge in [0.1, 0.15) is 0 Å². The molecule has 0 radical (unpaired) electrons. The molecule has 102 valence electrons. The first-order chi connectivity index (χ1) is 8.27. The smallest absolute Gasteiger partial charge is 0.380 e. The summed E-state index contributed by atoms with van der Waals surface area (Å²) < 4.78 is 43.6. The van der Waals surface area contributed by atoms with Gasteiger partial charge in [0.25, 0.3) is 0 Å². The van der Waals surface area contributed by atoms with E-state index in [1.165, 1.54) is 19.2 Å². The number of nitrogens with one attached hydrogen (secondary N) is 1. The van der Waals surface area contributed by atoms with Gasteiger partial charge in [-0.1, -0.05) is 17.7 Å². The highest BCUT2D eigenvalue weighted by Gasteiger charge is 2.34. The Kier molecular flexibility index (Phi) is 4.87. The number of hydrogen-bond donors (Lipinski definition) is 1. The average Bonchev–Trinajstić information content (AvgIpc) is 2.29. The van der Waals surface area contributed by atoms with Gasteiger partial charge in [-0.15, -0.1) is 0 Å². The molecular weight excluding hydrogens is 267 g/mol. The van der Waals surface area contributed by atoms with E-state index in [4.69, 9.17) is 16.3 Å². The molecule has 0 amide bonds. The van der Waals surface area contributed by atoms with Gasteiger partial charge in [0, 0.05) is 13.2 Å². The third kappa shape index (κ3) is 3.53. The second-order valence-corrected chi connectivity index (χ2v) is 4.44. The highest BCUT2D eigenvalue weighted by molar-refractivity contribution is 6.33. The van der Waals surface area contributed by atoms with Gasteiger partial charge in [-0.3, -0.25) is 0 Å². The van der Waals surface area contributed by atoms with E-state index < -0.39 is 11.7 Å². The lowest BCUT2D eigenvalue weighted by Crippen LogP contribution is -2.30. The molecule has 0 spiro atoms. The van der Waals surface area contributed by atoms with Crippen LogP contribution in [0.2, 0.25) is 5.02 Å². The quantitative estimate of drug-likeness (QED) is 0.893. The Morgan fingerprint density at radius 2 is 1.89 bits per heavy atom. The largest absolute Gasteiger partial charge is 0.418 e. The predicted octanol–water partition coefficient (Wildman–Crippen LogP) is 4.19. The SMILES string of the molecule is COC(C)C(C)Nc1c(Cl)cccc1C(F)(F)F. The minimum Gasteiger partial charge on any atom is -0.380 e. The van der Waals surface area contributed by atoms with E-state index in [1.54, 1.807) is 13.8 Å². The summed E-state index contributed by atoms with van der Waals surface area (Å²) in [5.41, 5.74) is -0.881. The second kappa shape index (κ2) is 5.80. The fraction of sp³-hybridized carbons (Fsp3) is 0.500. The number of alkyl halides is 3. The Hall–Kier alpha value is -0.940. The summed E-state index contributed by atoms with van der Waals surface area (Å²) >= 11 is 5.82. The number of rotatable bonds is 4. The van der Waals surface area contributed by atoms with Crippen molar-refractivity contribution in [1.82, 2.24) is 0 Å². The maximum absolute atomic E-state index is 12.8. The van der Waals surface area contributed by atoms with Crippen LogP contribution in [0.5, 0.6) is 0 Å².